The molecule has 3 amide bonds. The Morgan fingerprint density at radius 2 is 1.72 bits per heavy atom. The molecule has 3 aromatic rings. The first kappa shape index (κ1) is 26.0. The standard InChI is InChI=1S/C27H28N4O5/c1-4-20-9-5-6-11-22(20)30-26(33)27(34)31-28-16-19-12-13-23(24(15-19)35-3)36-17-25(32)29-21-10-7-8-18(2)14-21/h5-16H,4,17H2,1-3H3,(H,29,32)(H,30,33)(H,31,34)/b28-16-. The van der Waals surface area contributed by atoms with Gasteiger partial charge in [0.25, 0.3) is 5.91 Å². The molecule has 0 fully saturated rings. The minimum Gasteiger partial charge on any atom is -0.493 e. The van der Waals surface area contributed by atoms with Gasteiger partial charge < -0.3 is 20.1 Å². The Morgan fingerprint density at radius 3 is 2.47 bits per heavy atom. The fraction of sp³-hybridized carbons (Fsp3) is 0.185. The van der Waals surface area contributed by atoms with Crippen molar-refractivity contribution >= 4 is 35.3 Å². The van der Waals surface area contributed by atoms with Gasteiger partial charge >= 0.3 is 11.8 Å². The maximum atomic E-state index is 12.2. The summed E-state index contributed by atoms with van der Waals surface area (Å²) in [5.74, 6) is -1.28. The number of amides is 3. The maximum Gasteiger partial charge on any atom is 0.329 e. The largest absolute Gasteiger partial charge is 0.493 e. The fourth-order valence-electron chi connectivity index (χ4n) is 3.29. The van der Waals surface area contributed by atoms with E-state index in [4.69, 9.17) is 9.47 Å². The van der Waals surface area contributed by atoms with Crippen LogP contribution in [0.2, 0.25) is 0 Å². The maximum absolute atomic E-state index is 12.2. The first-order valence-corrected chi connectivity index (χ1v) is 11.3. The molecule has 0 spiro atoms. The van der Waals surface area contributed by atoms with Crippen LogP contribution in [0.4, 0.5) is 11.4 Å². The van der Waals surface area contributed by atoms with Crippen LogP contribution < -0.4 is 25.5 Å². The van der Waals surface area contributed by atoms with Gasteiger partial charge in [-0.3, -0.25) is 14.4 Å². The van der Waals surface area contributed by atoms with Gasteiger partial charge in [-0.2, -0.15) is 5.10 Å². The first-order valence-electron chi connectivity index (χ1n) is 11.3. The highest BCUT2D eigenvalue weighted by molar-refractivity contribution is 6.39. The normalized spacial score (nSPS) is 10.5. The van der Waals surface area contributed by atoms with Crippen molar-refractivity contribution in [3.8, 4) is 11.5 Å². The molecule has 0 aliphatic rings. The lowest BCUT2D eigenvalue weighted by atomic mass is 10.1. The number of methoxy groups -OCH3 is 1. The lowest BCUT2D eigenvalue weighted by Gasteiger charge is -2.11. The summed E-state index contributed by atoms with van der Waals surface area (Å²) < 4.78 is 10.9. The highest BCUT2D eigenvalue weighted by Crippen LogP contribution is 2.27. The van der Waals surface area contributed by atoms with Crippen LogP contribution in [0.15, 0.2) is 71.8 Å². The van der Waals surface area contributed by atoms with Crippen LogP contribution in [0.3, 0.4) is 0 Å². The number of anilines is 2. The SMILES string of the molecule is CCc1ccccc1NC(=O)C(=O)N/N=C\c1ccc(OCC(=O)Nc2cccc(C)c2)c(OC)c1. The Labute approximate surface area is 209 Å². The van der Waals surface area contributed by atoms with Crippen molar-refractivity contribution in [2.45, 2.75) is 20.3 Å². The predicted octanol–water partition coefficient (Wildman–Crippen LogP) is 3.67. The summed E-state index contributed by atoms with van der Waals surface area (Å²) in [5, 5.41) is 9.19. The second-order valence-corrected chi connectivity index (χ2v) is 7.78. The summed E-state index contributed by atoms with van der Waals surface area (Å²) in [5.41, 5.74) is 6.01. The number of nitrogens with zero attached hydrogens (tertiary/aromatic N) is 1. The Balaban J connectivity index is 1.53. The molecule has 9 nitrogen and oxygen atoms in total. The molecule has 0 radical (unpaired) electrons. The molecule has 0 saturated heterocycles. The number of aryl methyl sites for hydroxylation is 2. The molecule has 3 aromatic carbocycles. The monoisotopic (exact) mass is 488 g/mol. The molecule has 186 valence electrons. The average molecular weight is 489 g/mol. The topological polar surface area (TPSA) is 118 Å². The van der Waals surface area contributed by atoms with Crippen molar-refractivity contribution in [1.29, 1.82) is 0 Å². The summed E-state index contributed by atoms with van der Waals surface area (Å²) in [6.45, 7) is 3.69. The zero-order chi connectivity index (χ0) is 25.9. The lowest BCUT2D eigenvalue weighted by Crippen LogP contribution is -2.32. The third-order valence-corrected chi connectivity index (χ3v) is 5.08. The van der Waals surface area contributed by atoms with Gasteiger partial charge in [0.1, 0.15) is 0 Å². The van der Waals surface area contributed by atoms with Gasteiger partial charge in [0.15, 0.2) is 18.1 Å². The van der Waals surface area contributed by atoms with E-state index in [0.717, 1.165) is 17.5 Å². The number of hydrogen-bond acceptors (Lipinski definition) is 6. The first-order chi connectivity index (χ1) is 17.4. The number of rotatable bonds is 9. The third kappa shape index (κ3) is 7.42. The summed E-state index contributed by atoms with van der Waals surface area (Å²) in [6, 6.07) is 19.6. The Hall–Kier alpha value is -4.66. The number of hydrogen-bond donors (Lipinski definition) is 3. The van der Waals surface area contributed by atoms with E-state index in [2.05, 4.69) is 21.2 Å². The molecule has 0 aliphatic heterocycles. The fourth-order valence-corrected chi connectivity index (χ4v) is 3.29. The molecule has 9 heteroatoms. The zero-order valence-electron chi connectivity index (χ0n) is 20.3. The van der Waals surface area contributed by atoms with E-state index in [9.17, 15) is 14.4 Å². The molecule has 36 heavy (non-hydrogen) atoms. The van der Waals surface area contributed by atoms with Crippen LogP contribution in [0.1, 0.15) is 23.6 Å². The van der Waals surface area contributed by atoms with Crippen molar-refractivity contribution in [2.75, 3.05) is 24.4 Å². The average Bonchev–Trinajstić information content (AvgIpc) is 2.88. The second-order valence-electron chi connectivity index (χ2n) is 7.78. The van der Waals surface area contributed by atoms with Gasteiger partial charge in [-0.1, -0.05) is 37.3 Å². The quantitative estimate of drug-likeness (QED) is 0.241. The molecule has 0 atom stereocenters. The molecule has 0 heterocycles. The number of carbonyl (C=O) groups excluding carboxylic acids is 3. The van der Waals surface area contributed by atoms with Crippen LogP contribution in [0.25, 0.3) is 0 Å². The molecule has 0 aromatic heterocycles. The summed E-state index contributed by atoms with van der Waals surface area (Å²) in [6.07, 6.45) is 2.08. The molecule has 0 unspecified atom stereocenters. The van der Waals surface area contributed by atoms with Gasteiger partial charge in [0.05, 0.1) is 13.3 Å². The van der Waals surface area contributed by atoms with Crippen LogP contribution in [-0.4, -0.2) is 37.7 Å². The van der Waals surface area contributed by atoms with Crippen LogP contribution in [0.5, 0.6) is 11.5 Å². The van der Waals surface area contributed by atoms with Crippen molar-refractivity contribution in [3.63, 3.8) is 0 Å². The van der Waals surface area contributed by atoms with Crippen molar-refractivity contribution in [2.24, 2.45) is 5.10 Å². The molecule has 0 aliphatic carbocycles. The number of ether oxygens (including phenoxy) is 2. The van der Waals surface area contributed by atoms with Gasteiger partial charge in [-0.25, -0.2) is 5.43 Å². The third-order valence-electron chi connectivity index (χ3n) is 5.08. The number of benzene rings is 3. The Kier molecular flexibility index (Phi) is 9.16. The van der Waals surface area contributed by atoms with Crippen molar-refractivity contribution in [3.05, 3.63) is 83.4 Å². The summed E-state index contributed by atoms with van der Waals surface area (Å²) in [7, 11) is 1.47. The zero-order valence-corrected chi connectivity index (χ0v) is 20.3. The van der Waals surface area contributed by atoms with Gasteiger partial charge in [0, 0.05) is 11.4 Å². The molecular formula is C27H28N4O5. The second kappa shape index (κ2) is 12.7. The van der Waals surface area contributed by atoms with E-state index in [1.54, 1.807) is 36.4 Å². The van der Waals surface area contributed by atoms with Gasteiger partial charge in [-0.15, -0.1) is 0 Å². The summed E-state index contributed by atoms with van der Waals surface area (Å²) >= 11 is 0. The van der Waals surface area contributed by atoms with Gasteiger partial charge in [-0.05, 0) is 66.4 Å². The lowest BCUT2D eigenvalue weighted by molar-refractivity contribution is -0.136. The van der Waals surface area contributed by atoms with Crippen molar-refractivity contribution in [1.82, 2.24) is 5.43 Å². The number of para-hydroxylation sites is 1. The molecule has 0 saturated carbocycles. The molecule has 3 rings (SSSR count). The van der Waals surface area contributed by atoms with E-state index >= 15 is 0 Å². The number of nitrogens with one attached hydrogen (secondary N) is 3. The van der Waals surface area contributed by atoms with E-state index in [-0.39, 0.29) is 12.5 Å². The molecular weight excluding hydrogens is 460 g/mol. The minimum absolute atomic E-state index is 0.204. The van der Waals surface area contributed by atoms with E-state index in [0.29, 0.717) is 28.4 Å². The predicted molar refractivity (Wildman–Crippen MR) is 138 cm³/mol. The highest BCUT2D eigenvalue weighted by Gasteiger charge is 2.14. The number of carbonyl (C=O) groups is 3. The minimum atomic E-state index is -0.899. The Bertz CT molecular complexity index is 1270. The van der Waals surface area contributed by atoms with E-state index in [1.807, 2.05) is 44.2 Å². The molecule has 3 N–H and O–H groups in total. The smallest absolute Gasteiger partial charge is 0.329 e. The van der Waals surface area contributed by atoms with E-state index < -0.39 is 11.8 Å². The van der Waals surface area contributed by atoms with Crippen LogP contribution in [-0.2, 0) is 20.8 Å². The highest BCUT2D eigenvalue weighted by atomic mass is 16.5. The summed E-state index contributed by atoms with van der Waals surface area (Å²) in [4.78, 5) is 36.5. The van der Waals surface area contributed by atoms with Crippen LogP contribution >= 0.6 is 0 Å². The number of hydrazone groups is 1. The van der Waals surface area contributed by atoms with Crippen LogP contribution in [0, 0.1) is 6.92 Å². The Morgan fingerprint density at radius 1 is 0.917 bits per heavy atom. The van der Waals surface area contributed by atoms with Gasteiger partial charge in [0.2, 0.25) is 0 Å². The molecule has 0 bridgehead atoms. The van der Waals surface area contributed by atoms with E-state index in [1.165, 1.54) is 13.3 Å². The van der Waals surface area contributed by atoms with Crippen molar-refractivity contribution < 1.29 is 23.9 Å².